The molecule has 1 heterocycles. The number of hydrogen-bond acceptors (Lipinski definition) is 3. The first-order valence-electron chi connectivity index (χ1n) is 5.64. The van der Waals surface area contributed by atoms with Gasteiger partial charge in [-0.05, 0) is 39.7 Å². The van der Waals surface area contributed by atoms with Gasteiger partial charge in [-0.3, -0.25) is 4.79 Å². The molecule has 4 nitrogen and oxygen atoms in total. The highest BCUT2D eigenvalue weighted by Crippen LogP contribution is 2.20. The Morgan fingerprint density at radius 3 is 2.69 bits per heavy atom. The van der Waals surface area contributed by atoms with Crippen LogP contribution in [0.1, 0.15) is 33.1 Å². The molecule has 0 aromatic rings. The van der Waals surface area contributed by atoms with Crippen molar-refractivity contribution in [3.8, 4) is 0 Å². The molecule has 1 rings (SSSR count). The lowest BCUT2D eigenvalue weighted by atomic mass is 9.98. The van der Waals surface area contributed by atoms with Gasteiger partial charge in [0.25, 0.3) is 0 Å². The maximum absolute atomic E-state index is 12.1. The lowest BCUT2D eigenvalue weighted by Crippen LogP contribution is -2.52. The first-order valence-corrected chi connectivity index (χ1v) is 5.64. The number of carbonyl (C=O) groups is 1. The smallest absolute Gasteiger partial charge is 0.242 e. The van der Waals surface area contributed by atoms with Crippen LogP contribution in [0.2, 0.25) is 0 Å². The molecular formula is C11H23ClN2O2. The van der Waals surface area contributed by atoms with Crippen molar-refractivity contribution in [1.82, 2.24) is 10.2 Å². The predicted molar refractivity (Wildman–Crippen MR) is 66.8 cm³/mol. The van der Waals surface area contributed by atoms with Crippen LogP contribution in [0, 0.1) is 0 Å². The molecule has 0 aromatic heterocycles. The zero-order valence-corrected chi connectivity index (χ0v) is 11.1. The molecule has 1 amide bonds. The molecule has 96 valence electrons. The minimum absolute atomic E-state index is 0. The molecule has 1 aliphatic heterocycles. The van der Waals surface area contributed by atoms with Crippen molar-refractivity contribution in [2.45, 2.75) is 44.8 Å². The molecule has 0 spiro atoms. The highest BCUT2D eigenvalue weighted by atomic mass is 35.5. The fraction of sp³-hybridized carbons (Fsp3) is 0.909. The fourth-order valence-electron chi connectivity index (χ4n) is 1.98. The highest BCUT2D eigenvalue weighted by Gasteiger charge is 2.37. The number of aliphatic hydroxyl groups excluding tert-OH is 1. The van der Waals surface area contributed by atoms with E-state index in [1.165, 1.54) is 0 Å². The molecule has 2 N–H and O–H groups in total. The van der Waals surface area contributed by atoms with E-state index in [4.69, 9.17) is 5.11 Å². The molecule has 0 radical (unpaired) electrons. The van der Waals surface area contributed by atoms with Crippen molar-refractivity contribution < 1.29 is 9.90 Å². The predicted octanol–water partition coefficient (Wildman–Crippen LogP) is 0.780. The number of nitrogens with zero attached hydrogens (tertiary/aromatic N) is 1. The maximum atomic E-state index is 12.1. The molecule has 0 bridgehead atoms. The summed E-state index contributed by atoms with van der Waals surface area (Å²) < 4.78 is 0. The van der Waals surface area contributed by atoms with E-state index in [-0.39, 0.29) is 30.0 Å². The number of rotatable bonds is 4. The third kappa shape index (κ3) is 3.92. The standard InChI is InChI=1S/C11H22N2O2.ClH/c1-9(14)5-8-13(3)10(15)11(2)6-4-7-12-11;/h9,12,14H,4-8H2,1-3H3;1H. The van der Waals surface area contributed by atoms with Crippen molar-refractivity contribution in [2.75, 3.05) is 20.1 Å². The summed E-state index contributed by atoms with van der Waals surface area (Å²) in [4.78, 5) is 13.8. The lowest BCUT2D eigenvalue weighted by Gasteiger charge is -2.29. The van der Waals surface area contributed by atoms with E-state index in [1.807, 2.05) is 6.92 Å². The first kappa shape index (κ1) is 15.7. The third-order valence-corrected chi connectivity index (χ3v) is 3.07. The molecule has 0 aromatic carbocycles. The van der Waals surface area contributed by atoms with E-state index in [2.05, 4.69) is 5.32 Å². The Morgan fingerprint density at radius 2 is 2.25 bits per heavy atom. The monoisotopic (exact) mass is 250 g/mol. The number of carbonyl (C=O) groups excluding carboxylic acids is 1. The van der Waals surface area contributed by atoms with E-state index in [1.54, 1.807) is 18.9 Å². The van der Waals surface area contributed by atoms with Gasteiger partial charge in [-0.2, -0.15) is 0 Å². The second-order valence-corrected chi connectivity index (χ2v) is 4.73. The van der Waals surface area contributed by atoms with Gasteiger partial charge < -0.3 is 15.3 Å². The van der Waals surface area contributed by atoms with Crippen LogP contribution in [-0.2, 0) is 4.79 Å². The van der Waals surface area contributed by atoms with Gasteiger partial charge >= 0.3 is 0 Å². The second kappa shape index (κ2) is 6.42. The van der Waals surface area contributed by atoms with E-state index in [0.29, 0.717) is 13.0 Å². The number of amides is 1. The molecule has 2 unspecified atom stereocenters. The summed E-state index contributed by atoms with van der Waals surface area (Å²) in [5.74, 6) is 0.139. The maximum Gasteiger partial charge on any atom is 0.242 e. The molecule has 1 fully saturated rings. The normalized spacial score (nSPS) is 26.0. The zero-order chi connectivity index (χ0) is 11.5. The van der Waals surface area contributed by atoms with Crippen LogP contribution in [-0.4, -0.2) is 47.7 Å². The molecule has 0 aliphatic carbocycles. The first-order chi connectivity index (χ1) is 6.96. The van der Waals surface area contributed by atoms with E-state index < -0.39 is 0 Å². The zero-order valence-electron chi connectivity index (χ0n) is 10.3. The van der Waals surface area contributed by atoms with Crippen molar-refractivity contribution in [2.24, 2.45) is 0 Å². The molecule has 0 saturated carbocycles. The molecule has 2 atom stereocenters. The van der Waals surface area contributed by atoms with Crippen LogP contribution >= 0.6 is 12.4 Å². The number of halogens is 1. The van der Waals surface area contributed by atoms with Crippen molar-refractivity contribution in [1.29, 1.82) is 0 Å². The van der Waals surface area contributed by atoms with Crippen LogP contribution in [0.3, 0.4) is 0 Å². The highest BCUT2D eigenvalue weighted by molar-refractivity contribution is 5.86. The van der Waals surface area contributed by atoms with Crippen LogP contribution in [0.15, 0.2) is 0 Å². The topological polar surface area (TPSA) is 52.6 Å². The molecular weight excluding hydrogens is 228 g/mol. The van der Waals surface area contributed by atoms with Crippen LogP contribution in [0.4, 0.5) is 0 Å². The average Bonchev–Trinajstić information content (AvgIpc) is 2.61. The van der Waals surface area contributed by atoms with Crippen molar-refractivity contribution >= 4 is 18.3 Å². The Kier molecular flexibility index (Phi) is 6.30. The Morgan fingerprint density at radius 1 is 1.62 bits per heavy atom. The Labute approximate surface area is 104 Å². The minimum atomic E-state index is -0.382. The number of likely N-dealkylation sites (N-methyl/N-ethyl adjacent to an activating group) is 1. The summed E-state index contributed by atoms with van der Waals surface area (Å²) in [6.07, 6.45) is 2.26. The molecule has 5 heteroatoms. The van der Waals surface area contributed by atoms with Crippen LogP contribution in [0.5, 0.6) is 0 Å². The van der Waals surface area contributed by atoms with Gasteiger partial charge in [0.2, 0.25) is 5.91 Å². The summed E-state index contributed by atoms with van der Waals surface area (Å²) >= 11 is 0. The molecule has 1 saturated heterocycles. The summed E-state index contributed by atoms with van der Waals surface area (Å²) in [5, 5.41) is 12.4. The van der Waals surface area contributed by atoms with Crippen LogP contribution < -0.4 is 5.32 Å². The average molecular weight is 251 g/mol. The van der Waals surface area contributed by atoms with Gasteiger partial charge in [0.15, 0.2) is 0 Å². The van der Waals surface area contributed by atoms with Gasteiger partial charge in [-0.15, -0.1) is 12.4 Å². The van der Waals surface area contributed by atoms with Crippen molar-refractivity contribution in [3.05, 3.63) is 0 Å². The second-order valence-electron chi connectivity index (χ2n) is 4.73. The van der Waals surface area contributed by atoms with E-state index in [0.717, 1.165) is 19.4 Å². The van der Waals surface area contributed by atoms with Crippen LogP contribution in [0.25, 0.3) is 0 Å². The molecule has 16 heavy (non-hydrogen) atoms. The minimum Gasteiger partial charge on any atom is -0.393 e. The summed E-state index contributed by atoms with van der Waals surface area (Å²) in [7, 11) is 1.80. The summed E-state index contributed by atoms with van der Waals surface area (Å²) in [6, 6.07) is 0. The Balaban J connectivity index is 0.00000225. The van der Waals surface area contributed by atoms with Gasteiger partial charge in [0.1, 0.15) is 0 Å². The van der Waals surface area contributed by atoms with Gasteiger partial charge in [0, 0.05) is 13.6 Å². The van der Waals surface area contributed by atoms with E-state index in [9.17, 15) is 4.79 Å². The third-order valence-electron chi connectivity index (χ3n) is 3.07. The lowest BCUT2D eigenvalue weighted by molar-refractivity contribution is -0.136. The van der Waals surface area contributed by atoms with Gasteiger partial charge in [-0.1, -0.05) is 0 Å². The summed E-state index contributed by atoms with van der Waals surface area (Å²) in [5.41, 5.74) is -0.382. The van der Waals surface area contributed by atoms with Crippen molar-refractivity contribution in [3.63, 3.8) is 0 Å². The number of aliphatic hydroxyl groups is 1. The van der Waals surface area contributed by atoms with Gasteiger partial charge in [0.05, 0.1) is 11.6 Å². The Hall–Kier alpha value is -0.320. The van der Waals surface area contributed by atoms with E-state index >= 15 is 0 Å². The SMILES string of the molecule is CC(O)CCN(C)C(=O)C1(C)CCCN1.Cl. The molecule has 1 aliphatic rings. The summed E-state index contributed by atoms with van der Waals surface area (Å²) in [6.45, 7) is 5.25. The quantitative estimate of drug-likeness (QED) is 0.775. The fourth-order valence-corrected chi connectivity index (χ4v) is 1.98. The Bertz CT molecular complexity index is 228. The largest absolute Gasteiger partial charge is 0.393 e. The number of hydrogen-bond donors (Lipinski definition) is 2. The van der Waals surface area contributed by atoms with Gasteiger partial charge in [-0.25, -0.2) is 0 Å². The number of nitrogens with one attached hydrogen (secondary N) is 1.